The van der Waals surface area contributed by atoms with E-state index in [2.05, 4.69) is 211 Å². The Kier molecular flexibility index (Phi) is 11.9. The molecule has 268 valence electrons. The third kappa shape index (κ3) is 7.24. The third-order valence-corrected chi connectivity index (χ3v) is 15.6. The molecule has 0 aromatic heterocycles. The third-order valence-electron chi connectivity index (χ3n) is 10.9. The Morgan fingerprint density at radius 3 is 1.15 bits per heavy atom. The Balaban J connectivity index is 0.00000187. The van der Waals surface area contributed by atoms with Gasteiger partial charge in [-0.05, 0) is 43.5 Å². The summed E-state index contributed by atoms with van der Waals surface area (Å²) in [6.07, 6.45) is 0. The van der Waals surface area contributed by atoms with Crippen LogP contribution >= 0.6 is 0 Å². The van der Waals surface area contributed by atoms with Crippen LogP contribution in [0, 0.1) is 14.9 Å². The Bertz CT molecular complexity index is 2310. The summed E-state index contributed by atoms with van der Waals surface area (Å²) in [4.78, 5) is 0. The smallest absolute Gasteiger partial charge is 0.358 e. The molecule has 0 unspecified atom stereocenters. The maximum atomic E-state index is 2.53. The number of benzene rings is 6. The molecule has 0 aliphatic heterocycles. The van der Waals surface area contributed by atoms with Gasteiger partial charge in [0, 0.05) is 0 Å². The first-order chi connectivity index (χ1) is 24.5. The van der Waals surface area contributed by atoms with Gasteiger partial charge in [-0.15, -0.1) is 68.3 Å². The summed E-state index contributed by atoms with van der Waals surface area (Å²) in [5, 5.41) is 10.9. The summed E-state index contributed by atoms with van der Waals surface area (Å²) in [6.45, 7) is 13.8. The fraction of sp³-hybridized carbons (Fsp3) is 0.154. The molecule has 2 heteroatoms. The molecule has 0 spiro atoms. The topological polar surface area (TPSA) is 0 Å². The zero-order valence-electron chi connectivity index (χ0n) is 33.2. The fourth-order valence-electron chi connectivity index (χ4n) is 8.09. The van der Waals surface area contributed by atoms with Gasteiger partial charge in [-0.1, -0.05) is 174 Å². The summed E-state index contributed by atoms with van der Waals surface area (Å²) in [5.41, 5.74) is 8.01. The van der Waals surface area contributed by atoms with Crippen LogP contribution in [-0.2, 0) is 36.7 Å². The number of hydrogen-bond donors (Lipinski definition) is 0. The summed E-state index contributed by atoms with van der Waals surface area (Å²) >= 11 is 0. The van der Waals surface area contributed by atoms with Crippen molar-refractivity contribution in [1.29, 1.82) is 0 Å². The van der Waals surface area contributed by atoms with Crippen molar-refractivity contribution in [3.63, 3.8) is 0 Å². The molecule has 8 rings (SSSR count). The van der Waals surface area contributed by atoms with E-state index in [-0.39, 0.29) is 51.5 Å². The maximum Gasteiger partial charge on any atom is 4.00 e. The van der Waals surface area contributed by atoms with Gasteiger partial charge in [-0.3, -0.25) is 0 Å². The molecule has 0 N–H and O–H groups in total. The van der Waals surface area contributed by atoms with Crippen LogP contribution < -0.4 is 20.7 Å². The first kappa shape index (κ1) is 40.8. The molecule has 0 amide bonds. The Labute approximate surface area is 344 Å². The summed E-state index contributed by atoms with van der Waals surface area (Å²) in [6, 6.07) is 64.7. The Morgan fingerprint density at radius 2 is 0.778 bits per heavy atom. The molecular formula is C52H52HfSi. The molecule has 54 heavy (non-hydrogen) atoms. The van der Waals surface area contributed by atoms with Gasteiger partial charge in [0.1, 0.15) is 8.07 Å². The first-order valence-corrected chi connectivity index (χ1v) is 20.3. The van der Waals surface area contributed by atoms with Crippen LogP contribution in [0.25, 0.3) is 43.8 Å². The standard InChI is InChI=1S/C50H46Si.2CH3.Hf/c1-49(2,3)39-21-13-17-35(29-39)45-27-15-19-37-31-43(33-47(37)45)51(41-23-9-7-10-24-41,42-25-11-8-12-26-42)44-32-38-20-16-28-46(48(38)34-44)36-18-14-22-40(30-36)50(4,5)6;;;/h7-34H,1-6H3;2*1H3;/q-2;2*-1;+4. The largest absolute Gasteiger partial charge is 4.00 e. The minimum Gasteiger partial charge on any atom is -0.358 e. The van der Waals surface area contributed by atoms with Gasteiger partial charge in [-0.2, -0.15) is 12.1 Å². The Morgan fingerprint density at radius 1 is 0.407 bits per heavy atom. The van der Waals surface area contributed by atoms with Gasteiger partial charge in [0.05, 0.1) is 0 Å². The summed E-state index contributed by atoms with van der Waals surface area (Å²) in [7, 11) is -2.80. The average Bonchev–Trinajstić information content (AvgIpc) is 3.78. The van der Waals surface area contributed by atoms with E-state index in [9.17, 15) is 0 Å². The molecular weight excluding hydrogens is 831 g/mol. The maximum absolute atomic E-state index is 2.80. The first-order valence-electron chi connectivity index (χ1n) is 18.3. The van der Waals surface area contributed by atoms with Crippen molar-refractivity contribution in [2.75, 3.05) is 0 Å². The normalized spacial score (nSPS) is 11.8. The quantitative estimate of drug-likeness (QED) is 0.115. The molecule has 0 heterocycles. The van der Waals surface area contributed by atoms with Crippen molar-refractivity contribution in [3.8, 4) is 22.3 Å². The van der Waals surface area contributed by atoms with Crippen molar-refractivity contribution in [1.82, 2.24) is 0 Å². The van der Waals surface area contributed by atoms with Gasteiger partial charge < -0.3 is 14.9 Å². The minimum absolute atomic E-state index is 0. The van der Waals surface area contributed by atoms with E-state index in [0.29, 0.717) is 0 Å². The molecule has 0 atom stereocenters. The van der Waals surface area contributed by atoms with Crippen LogP contribution in [0.5, 0.6) is 0 Å². The Hall–Kier alpha value is -4.37. The van der Waals surface area contributed by atoms with E-state index in [1.54, 1.807) is 0 Å². The second kappa shape index (κ2) is 15.8. The van der Waals surface area contributed by atoms with Crippen molar-refractivity contribution in [2.24, 2.45) is 0 Å². The zero-order chi connectivity index (χ0) is 35.4. The van der Waals surface area contributed by atoms with E-state index >= 15 is 0 Å². The van der Waals surface area contributed by atoms with Gasteiger partial charge in [-0.25, -0.2) is 0 Å². The second-order valence-electron chi connectivity index (χ2n) is 16.2. The minimum atomic E-state index is -2.80. The van der Waals surface area contributed by atoms with Crippen LogP contribution in [0.3, 0.4) is 0 Å². The van der Waals surface area contributed by atoms with E-state index in [1.807, 2.05) is 0 Å². The number of rotatable bonds is 6. The average molecular weight is 884 g/mol. The SMILES string of the molecule is CC(C)(C)c1cccc(-c2cccc3[cH-]c([Si](c4ccccc4)(c4ccccc4)c4cc5c(-c6cccc(C(C)(C)C)c6)cccc5[cH-]4)cc23)c1.[CH3-].[CH3-].[Hf+4]. The molecule has 0 radical (unpaired) electrons. The molecule has 0 bridgehead atoms. The van der Waals surface area contributed by atoms with Gasteiger partial charge >= 0.3 is 25.8 Å². The summed E-state index contributed by atoms with van der Waals surface area (Å²) < 4.78 is 0. The second-order valence-corrected chi connectivity index (χ2v) is 20.1. The van der Waals surface area contributed by atoms with Crippen LogP contribution in [0.15, 0.2) is 170 Å². The van der Waals surface area contributed by atoms with E-state index in [0.717, 1.165) is 0 Å². The van der Waals surface area contributed by atoms with Gasteiger partial charge in [0.2, 0.25) is 0 Å². The monoisotopic (exact) mass is 884 g/mol. The number of fused-ring (bicyclic) bond motifs is 2. The predicted molar refractivity (Wildman–Crippen MR) is 237 cm³/mol. The zero-order valence-corrected chi connectivity index (χ0v) is 37.8. The molecule has 0 nitrogen and oxygen atoms in total. The predicted octanol–water partition coefficient (Wildman–Crippen LogP) is 11.6. The molecule has 8 aromatic carbocycles. The van der Waals surface area contributed by atoms with Crippen molar-refractivity contribution in [2.45, 2.75) is 52.4 Å². The van der Waals surface area contributed by atoms with Crippen molar-refractivity contribution in [3.05, 3.63) is 196 Å². The van der Waals surface area contributed by atoms with Crippen LogP contribution in [0.4, 0.5) is 0 Å². The van der Waals surface area contributed by atoms with Crippen LogP contribution in [0.1, 0.15) is 52.7 Å². The van der Waals surface area contributed by atoms with E-state index in [4.69, 9.17) is 0 Å². The summed E-state index contributed by atoms with van der Waals surface area (Å²) in [5.74, 6) is 0. The fourth-order valence-corrected chi connectivity index (χ4v) is 12.9. The molecule has 0 aliphatic carbocycles. The molecule has 0 saturated heterocycles. The number of hydrogen-bond acceptors (Lipinski definition) is 0. The van der Waals surface area contributed by atoms with Crippen molar-refractivity contribution < 1.29 is 25.8 Å². The molecule has 0 saturated carbocycles. The van der Waals surface area contributed by atoms with E-state index in [1.165, 1.54) is 75.7 Å². The van der Waals surface area contributed by atoms with Crippen molar-refractivity contribution >= 4 is 50.4 Å². The van der Waals surface area contributed by atoms with Crippen LogP contribution in [-0.4, -0.2) is 8.07 Å². The molecule has 8 aromatic rings. The van der Waals surface area contributed by atoms with Gasteiger partial charge in [0.25, 0.3) is 0 Å². The van der Waals surface area contributed by atoms with E-state index < -0.39 is 8.07 Å². The molecule has 0 fully saturated rings. The van der Waals surface area contributed by atoms with Crippen LogP contribution in [0.2, 0.25) is 0 Å². The van der Waals surface area contributed by atoms with Gasteiger partial charge in [0.15, 0.2) is 0 Å². The molecule has 0 aliphatic rings.